The summed E-state index contributed by atoms with van der Waals surface area (Å²) in [6.45, 7) is 4.59. The molecule has 30 heavy (non-hydrogen) atoms. The second kappa shape index (κ2) is 12.2. The zero-order chi connectivity index (χ0) is 22.7. The van der Waals surface area contributed by atoms with Gasteiger partial charge >= 0.3 is 0 Å². The van der Waals surface area contributed by atoms with Gasteiger partial charge in [0.25, 0.3) is 5.91 Å². The number of anilines is 1. The van der Waals surface area contributed by atoms with E-state index in [-0.39, 0.29) is 17.0 Å². The first kappa shape index (κ1) is 24.6. The summed E-state index contributed by atoms with van der Waals surface area (Å²) in [6.07, 6.45) is 3.10. The second-order valence-electron chi connectivity index (χ2n) is 6.23. The van der Waals surface area contributed by atoms with E-state index in [0.717, 1.165) is 18.4 Å². The predicted octanol–water partition coefficient (Wildman–Crippen LogP) is 2.10. The number of pyridine rings is 1. The van der Waals surface area contributed by atoms with E-state index in [1.54, 1.807) is 14.1 Å². The van der Waals surface area contributed by atoms with Gasteiger partial charge in [0.1, 0.15) is 16.9 Å². The number of amides is 1. The number of hydrogen-bond donors (Lipinski definition) is 4. The van der Waals surface area contributed by atoms with Crippen molar-refractivity contribution in [2.75, 3.05) is 26.5 Å². The summed E-state index contributed by atoms with van der Waals surface area (Å²) < 4.78 is 0. The summed E-state index contributed by atoms with van der Waals surface area (Å²) in [5, 5.41) is 13.1. The molecule has 2 aromatic rings. The number of Topliss-reactive ketones (excluding diaryl/α,β-unsaturated/α-hetero) is 1. The van der Waals surface area contributed by atoms with Gasteiger partial charge < -0.3 is 25.6 Å². The normalized spacial score (nSPS) is 11.9. The summed E-state index contributed by atoms with van der Waals surface area (Å²) in [4.78, 5) is 40.6. The zero-order valence-corrected chi connectivity index (χ0v) is 18.1. The molecule has 0 spiro atoms. The first-order chi connectivity index (χ1) is 14.5. The molecule has 0 fully saturated rings. The molecule has 0 saturated carbocycles. The number of aromatic amines is 1. The first-order valence-corrected chi connectivity index (χ1v) is 9.66. The summed E-state index contributed by atoms with van der Waals surface area (Å²) in [5.74, 6) is -0.476. The van der Waals surface area contributed by atoms with Gasteiger partial charge in [-0.2, -0.15) is 0 Å². The Morgan fingerprint density at radius 1 is 1.10 bits per heavy atom. The van der Waals surface area contributed by atoms with E-state index in [1.165, 1.54) is 17.3 Å². The molecule has 3 rings (SSSR count). The highest BCUT2D eigenvalue weighted by Gasteiger charge is 2.28. The van der Waals surface area contributed by atoms with E-state index in [9.17, 15) is 14.4 Å². The molecule has 162 valence electrons. The molecule has 1 aromatic carbocycles. The van der Waals surface area contributed by atoms with Gasteiger partial charge in [0.05, 0.1) is 6.42 Å². The van der Waals surface area contributed by atoms with Crippen molar-refractivity contribution in [1.29, 1.82) is 0 Å². The van der Waals surface area contributed by atoms with Crippen LogP contribution in [-0.2, 0) is 11.3 Å². The maximum absolute atomic E-state index is 12.5. The zero-order valence-electron chi connectivity index (χ0n) is 18.1. The van der Waals surface area contributed by atoms with Crippen LogP contribution in [0.25, 0.3) is 0 Å². The number of aliphatic hydroxyl groups is 1. The Morgan fingerprint density at radius 2 is 1.73 bits per heavy atom. The molecule has 8 heteroatoms. The number of aromatic nitrogens is 1. The number of nitrogens with one attached hydrogen (secondary N) is 3. The number of carbonyl (C=O) groups is 2. The molecule has 1 aliphatic rings. The fraction of sp³-hybridized carbons (Fsp3) is 0.318. The lowest BCUT2D eigenvalue weighted by Crippen LogP contribution is -2.34. The SMILES string of the molecule is CC.CN(C)C(=O)c1c[nH]cc(NC2=C(NCc3ccccc3)CC2=O)c1=O.CO. The molecule has 0 atom stereocenters. The van der Waals surface area contributed by atoms with Gasteiger partial charge in [-0.3, -0.25) is 14.4 Å². The standard InChI is InChI=1S/C19H20N4O3.C2H6.CH4O/c1-23(2)19(26)13-10-20-11-15(18(13)25)22-17-14(8-16(17)24)21-9-12-6-4-3-5-7-12;2*1-2/h3-7,10-11,21-22H,8-9H2,1-2H3,(H,20,25);1-2H3;2H,1H3. The third kappa shape index (κ3) is 6.05. The van der Waals surface area contributed by atoms with Crippen LogP contribution in [-0.4, -0.2) is 47.9 Å². The van der Waals surface area contributed by atoms with Crippen LogP contribution >= 0.6 is 0 Å². The van der Waals surface area contributed by atoms with Gasteiger partial charge in [-0.25, -0.2) is 0 Å². The molecule has 1 aromatic heterocycles. The van der Waals surface area contributed by atoms with Gasteiger partial charge in [0, 0.05) is 45.8 Å². The van der Waals surface area contributed by atoms with Crippen molar-refractivity contribution >= 4 is 17.4 Å². The van der Waals surface area contributed by atoms with Crippen LogP contribution in [0, 0.1) is 0 Å². The van der Waals surface area contributed by atoms with Crippen molar-refractivity contribution in [3.63, 3.8) is 0 Å². The minimum Gasteiger partial charge on any atom is -0.400 e. The smallest absolute Gasteiger partial charge is 0.258 e. The van der Waals surface area contributed by atoms with Gasteiger partial charge in [-0.05, 0) is 5.56 Å². The topological polar surface area (TPSA) is 115 Å². The van der Waals surface area contributed by atoms with Crippen molar-refractivity contribution in [3.8, 4) is 0 Å². The lowest BCUT2D eigenvalue weighted by molar-refractivity contribution is -0.116. The Balaban J connectivity index is 0.00000106. The first-order valence-electron chi connectivity index (χ1n) is 9.66. The minimum absolute atomic E-state index is 0.0196. The minimum atomic E-state index is -0.447. The van der Waals surface area contributed by atoms with Gasteiger partial charge in [0.15, 0.2) is 5.78 Å². The summed E-state index contributed by atoms with van der Waals surface area (Å²) in [6, 6.07) is 9.81. The van der Waals surface area contributed by atoms with Crippen LogP contribution < -0.4 is 16.1 Å². The molecular weight excluding hydrogens is 384 g/mol. The summed E-state index contributed by atoms with van der Waals surface area (Å²) in [5.41, 5.74) is 1.95. The molecule has 8 nitrogen and oxygen atoms in total. The molecule has 1 aliphatic carbocycles. The lowest BCUT2D eigenvalue weighted by atomic mass is 9.98. The molecular formula is C22H30N4O4. The quantitative estimate of drug-likeness (QED) is 0.576. The number of rotatable bonds is 6. The molecule has 4 N–H and O–H groups in total. The number of ketones is 1. The van der Waals surface area contributed by atoms with E-state index < -0.39 is 11.3 Å². The largest absolute Gasteiger partial charge is 0.400 e. The monoisotopic (exact) mass is 414 g/mol. The van der Waals surface area contributed by atoms with E-state index in [4.69, 9.17) is 5.11 Å². The molecule has 0 unspecified atom stereocenters. The molecule has 1 heterocycles. The average molecular weight is 415 g/mol. The maximum atomic E-state index is 12.5. The molecule has 0 radical (unpaired) electrons. The number of aliphatic hydroxyl groups excluding tert-OH is 1. The van der Waals surface area contributed by atoms with Crippen molar-refractivity contribution < 1.29 is 14.7 Å². The summed E-state index contributed by atoms with van der Waals surface area (Å²) in [7, 11) is 4.15. The highest BCUT2D eigenvalue weighted by molar-refractivity contribution is 6.06. The summed E-state index contributed by atoms with van der Waals surface area (Å²) >= 11 is 0. The van der Waals surface area contributed by atoms with Gasteiger partial charge in [-0.1, -0.05) is 44.2 Å². The second-order valence-corrected chi connectivity index (χ2v) is 6.23. The fourth-order valence-corrected chi connectivity index (χ4v) is 2.61. The Bertz CT molecular complexity index is 934. The average Bonchev–Trinajstić information content (AvgIpc) is 2.78. The fourth-order valence-electron chi connectivity index (χ4n) is 2.61. The third-order valence-electron chi connectivity index (χ3n) is 4.11. The Kier molecular flexibility index (Phi) is 10.0. The molecule has 1 amide bonds. The van der Waals surface area contributed by atoms with E-state index in [1.807, 2.05) is 44.2 Å². The van der Waals surface area contributed by atoms with Crippen molar-refractivity contribution in [2.45, 2.75) is 26.8 Å². The number of nitrogens with zero attached hydrogens (tertiary/aromatic N) is 1. The van der Waals surface area contributed by atoms with E-state index in [2.05, 4.69) is 15.6 Å². The third-order valence-corrected chi connectivity index (χ3v) is 4.11. The van der Waals surface area contributed by atoms with Crippen LogP contribution in [0.2, 0.25) is 0 Å². The van der Waals surface area contributed by atoms with Crippen LogP contribution in [0.5, 0.6) is 0 Å². The van der Waals surface area contributed by atoms with Crippen LogP contribution in [0.4, 0.5) is 5.69 Å². The van der Waals surface area contributed by atoms with Crippen molar-refractivity contribution in [2.24, 2.45) is 0 Å². The lowest BCUT2D eigenvalue weighted by Gasteiger charge is -2.24. The maximum Gasteiger partial charge on any atom is 0.258 e. The number of allylic oxidation sites excluding steroid dienone is 2. The Hall–Kier alpha value is -3.39. The molecule has 0 saturated heterocycles. The Morgan fingerprint density at radius 3 is 2.30 bits per heavy atom. The van der Waals surface area contributed by atoms with Crippen LogP contribution in [0.3, 0.4) is 0 Å². The predicted molar refractivity (Wildman–Crippen MR) is 118 cm³/mol. The number of H-pyrrole nitrogens is 1. The number of benzene rings is 1. The molecule has 0 aliphatic heterocycles. The molecule has 0 bridgehead atoms. The van der Waals surface area contributed by atoms with Gasteiger partial charge in [-0.15, -0.1) is 0 Å². The van der Waals surface area contributed by atoms with Crippen molar-refractivity contribution in [3.05, 3.63) is 75.5 Å². The number of carbonyl (C=O) groups excluding carboxylic acids is 2. The Labute approximate surface area is 176 Å². The van der Waals surface area contributed by atoms with E-state index >= 15 is 0 Å². The van der Waals surface area contributed by atoms with Crippen molar-refractivity contribution in [1.82, 2.24) is 15.2 Å². The number of hydrogen-bond acceptors (Lipinski definition) is 6. The highest BCUT2D eigenvalue weighted by atomic mass is 16.2. The van der Waals surface area contributed by atoms with Crippen LogP contribution in [0.15, 0.2) is 58.9 Å². The van der Waals surface area contributed by atoms with Gasteiger partial charge in [0.2, 0.25) is 5.43 Å². The van der Waals surface area contributed by atoms with E-state index in [0.29, 0.717) is 18.7 Å². The van der Waals surface area contributed by atoms with Crippen LogP contribution in [0.1, 0.15) is 36.2 Å². The highest BCUT2D eigenvalue weighted by Crippen LogP contribution is 2.23.